The molecule has 29 heavy (non-hydrogen) atoms. The molecule has 2 fully saturated rings. The van der Waals surface area contributed by atoms with Crippen LogP contribution in [0.15, 0.2) is 12.1 Å². The molecule has 2 atom stereocenters. The molecule has 1 spiro atoms. The monoisotopic (exact) mass is 411 g/mol. The van der Waals surface area contributed by atoms with Crippen LogP contribution in [-0.2, 0) is 16.1 Å². The van der Waals surface area contributed by atoms with Crippen LogP contribution in [0.5, 0.6) is 5.75 Å². The Morgan fingerprint density at radius 3 is 2.90 bits per heavy atom. The van der Waals surface area contributed by atoms with Crippen LogP contribution >= 0.6 is 0 Å². The molecule has 1 aliphatic heterocycles. The largest absolute Gasteiger partial charge is 0.493 e. The first-order chi connectivity index (χ1) is 13.8. The van der Waals surface area contributed by atoms with Crippen LogP contribution in [0.4, 0.5) is 8.78 Å². The molecule has 1 heterocycles. The fraction of sp³-hybridized carbons (Fsp3) is 0.667. The summed E-state index contributed by atoms with van der Waals surface area (Å²) >= 11 is 0. The predicted octanol–water partition coefficient (Wildman–Crippen LogP) is 2.16. The zero-order chi connectivity index (χ0) is 21.0. The fourth-order valence-electron chi connectivity index (χ4n) is 4.45. The van der Waals surface area contributed by atoms with Gasteiger partial charge in [-0.05, 0) is 18.9 Å². The molecule has 0 bridgehead atoms. The van der Waals surface area contributed by atoms with Gasteiger partial charge < -0.3 is 19.7 Å². The van der Waals surface area contributed by atoms with Gasteiger partial charge in [0.15, 0.2) is 11.6 Å². The molecule has 1 N–H and O–H groups in total. The number of benzene rings is 1. The molecule has 162 valence electrons. The highest BCUT2D eigenvalue weighted by Gasteiger charge is 2.45. The van der Waals surface area contributed by atoms with Crippen molar-refractivity contribution in [2.45, 2.75) is 43.9 Å². The van der Waals surface area contributed by atoms with Crippen LogP contribution in [0, 0.1) is 11.6 Å². The number of amides is 1. The Labute approximate surface area is 171 Å². The third-order valence-corrected chi connectivity index (χ3v) is 5.95. The number of rotatable bonds is 6. The van der Waals surface area contributed by atoms with E-state index in [0.29, 0.717) is 31.8 Å². The lowest BCUT2D eigenvalue weighted by molar-refractivity contribution is -0.147. The van der Waals surface area contributed by atoms with Crippen molar-refractivity contribution in [3.8, 4) is 5.75 Å². The van der Waals surface area contributed by atoms with E-state index in [9.17, 15) is 13.6 Å². The lowest BCUT2D eigenvalue weighted by Gasteiger charge is -2.50. The number of carbonyl (C=O) groups excluding carboxylic acids is 1. The van der Waals surface area contributed by atoms with Crippen LogP contribution < -0.4 is 10.1 Å². The number of hydrogen-bond acceptors (Lipinski definition) is 5. The van der Waals surface area contributed by atoms with Crippen molar-refractivity contribution < 1.29 is 23.0 Å². The minimum absolute atomic E-state index is 0.0263. The van der Waals surface area contributed by atoms with E-state index in [-0.39, 0.29) is 24.2 Å². The van der Waals surface area contributed by atoms with Crippen molar-refractivity contribution >= 4 is 5.91 Å². The Morgan fingerprint density at radius 1 is 1.38 bits per heavy atom. The molecule has 1 aliphatic carbocycles. The molecule has 2 aliphatic rings. The van der Waals surface area contributed by atoms with Crippen molar-refractivity contribution in [2.24, 2.45) is 0 Å². The Hall–Kier alpha value is -1.77. The van der Waals surface area contributed by atoms with Gasteiger partial charge in [-0.3, -0.25) is 9.69 Å². The SMILES string of the molecule is COc1c(F)cc(F)cc1CN1CCO[C@]2(CCCC[C@@H]2NCC(=O)N(C)C)C1. The maximum Gasteiger partial charge on any atom is 0.236 e. The molecule has 1 aromatic rings. The molecule has 8 heteroatoms. The lowest BCUT2D eigenvalue weighted by atomic mass is 9.78. The molecule has 0 aromatic heterocycles. The zero-order valence-electron chi connectivity index (χ0n) is 17.5. The minimum Gasteiger partial charge on any atom is -0.493 e. The van der Waals surface area contributed by atoms with E-state index in [0.717, 1.165) is 31.7 Å². The van der Waals surface area contributed by atoms with Gasteiger partial charge in [-0.25, -0.2) is 8.78 Å². The standard InChI is InChI=1S/C21H31F2N3O3/c1-25(2)19(27)12-24-18-6-4-5-7-21(18)14-26(8-9-29-21)13-15-10-16(22)11-17(23)20(15)28-3/h10-11,18,24H,4-9,12-14H2,1-3H3/t18-,21+/m0/s1. The molecular formula is C21H31F2N3O3. The normalized spacial score (nSPS) is 25.2. The molecule has 0 radical (unpaired) electrons. The first-order valence-corrected chi connectivity index (χ1v) is 10.2. The first-order valence-electron chi connectivity index (χ1n) is 10.2. The summed E-state index contributed by atoms with van der Waals surface area (Å²) < 4.78 is 39.3. The van der Waals surface area contributed by atoms with Crippen molar-refractivity contribution in [3.63, 3.8) is 0 Å². The first kappa shape index (κ1) is 21.9. The average Bonchev–Trinajstić information content (AvgIpc) is 2.67. The summed E-state index contributed by atoms with van der Waals surface area (Å²) in [5.74, 6) is -1.19. The van der Waals surface area contributed by atoms with Crippen LogP contribution in [0.1, 0.15) is 31.2 Å². The van der Waals surface area contributed by atoms with Gasteiger partial charge in [0.25, 0.3) is 0 Å². The molecular weight excluding hydrogens is 380 g/mol. The Balaban J connectivity index is 1.73. The summed E-state index contributed by atoms with van der Waals surface area (Å²) in [5, 5.41) is 3.40. The second-order valence-corrected chi connectivity index (χ2v) is 8.17. The highest BCUT2D eigenvalue weighted by atomic mass is 19.1. The molecule has 1 saturated heterocycles. The smallest absolute Gasteiger partial charge is 0.236 e. The Bertz CT molecular complexity index is 727. The highest BCUT2D eigenvalue weighted by Crippen LogP contribution is 2.36. The number of ether oxygens (including phenoxy) is 2. The van der Waals surface area contributed by atoms with Gasteiger partial charge in [-0.1, -0.05) is 12.8 Å². The Kier molecular flexibility index (Phi) is 7.08. The quantitative estimate of drug-likeness (QED) is 0.778. The number of halogens is 2. The van der Waals surface area contributed by atoms with Gasteiger partial charge in [0, 0.05) is 51.4 Å². The average molecular weight is 411 g/mol. The van der Waals surface area contributed by atoms with Crippen molar-refractivity contribution in [3.05, 3.63) is 29.3 Å². The van der Waals surface area contributed by atoms with Crippen LogP contribution in [-0.4, -0.2) is 74.8 Å². The van der Waals surface area contributed by atoms with E-state index in [2.05, 4.69) is 10.2 Å². The maximum absolute atomic E-state index is 14.1. The number of nitrogens with one attached hydrogen (secondary N) is 1. The molecule has 1 aromatic carbocycles. The van der Waals surface area contributed by atoms with Gasteiger partial charge >= 0.3 is 0 Å². The third kappa shape index (κ3) is 5.05. The van der Waals surface area contributed by atoms with Gasteiger partial charge in [0.2, 0.25) is 5.91 Å². The number of carbonyl (C=O) groups is 1. The van der Waals surface area contributed by atoms with E-state index in [1.54, 1.807) is 19.0 Å². The van der Waals surface area contributed by atoms with Gasteiger partial charge in [0.05, 0.1) is 25.9 Å². The maximum atomic E-state index is 14.1. The van der Waals surface area contributed by atoms with E-state index in [1.807, 2.05) is 0 Å². The topological polar surface area (TPSA) is 54.0 Å². The van der Waals surface area contributed by atoms with E-state index >= 15 is 0 Å². The second kappa shape index (κ2) is 9.36. The van der Waals surface area contributed by atoms with Gasteiger partial charge in [0.1, 0.15) is 5.82 Å². The van der Waals surface area contributed by atoms with Crippen LogP contribution in [0.25, 0.3) is 0 Å². The summed E-state index contributed by atoms with van der Waals surface area (Å²) in [6, 6.07) is 2.23. The second-order valence-electron chi connectivity index (χ2n) is 8.17. The minimum atomic E-state index is -0.690. The summed E-state index contributed by atoms with van der Waals surface area (Å²) in [5.41, 5.74) is 0.0903. The molecule has 0 unspecified atom stereocenters. The third-order valence-electron chi connectivity index (χ3n) is 5.95. The van der Waals surface area contributed by atoms with Crippen molar-refractivity contribution in [1.82, 2.24) is 15.1 Å². The number of likely N-dealkylation sites (N-methyl/N-ethyl adjacent to an activating group) is 1. The van der Waals surface area contributed by atoms with Gasteiger partial charge in [-0.15, -0.1) is 0 Å². The summed E-state index contributed by atoms with van der Waals surface area (Å²) in [6.07, 6.45) is 3.98. The van der Waals surface area contributed by atoms with E-state index < -0.39 is 17.2 Å². The van der Waals surface area contributed by atoms with Crippen molar-refractivity contribution in [2.75, 3.05) is 47.4 Å². The zero-order valence-corrected chi connectivity index (χ0v) is 17.5. The summed E-state index contributed by atoms with van der Waals surface area (Å²) in [6.45, 7) is 2.51. The van der Waals surface area contributed by atoms with E-state index in [1.165, 1.54) is 13.2 Å². The lowest BCUT2D eigenvalue weighted by Crippen LogP contribution is -2.63. The molecule has 1 amide bonds. The molecule has 6 nitrogen and oxygen atoms in total. The van der Waals surface area contributed by atoms with E-state index in [4.69, 9.17) is 9.47 Å². The Morgan fingerprint density at radius 2 is 2.17 bits per heavy atom. The highest BCUT2D eigenvalue weighted by molar-refractivity contribution is 5.77. The number of methoxy groups -OCH3 is 1. The van der Waals surface area contributed by atoms with Gasteiger partial charge in [-0.2, -0.15) is 0 Å². The predicted molar refractivity (Wildman–Crippen MR) is 106 cm³/mol. The van der Waals surface area contributed by atoms with Crippen LogP contribution in [0.2, 0.25) is 0 Å². The number of hydrogen-bond donors (Lipinski definition) is 1. The number of nitrogens with zero attached hydrogens (tertiary/aromatic N) is 2. The summed E-state index contributed by atoms with van der Waals surface area (Å²) in [4.78, 5) is 15.8. The summed E-state index contributed by atoms with van der Waals surface area (Å²) in [7, 11) is 4.87. The fourth-order valence-corrected chi connectivity index (χ4v) is 4.45. The van der Waals surface area contributed by atoms with Crippen molar-refractivity contribution in [1.29, 1.82) is 0 Å². The van der Waals surface area contributed by atoms with Crippen LogP contribution in [0.3, 0.4) is 0 Å². The molecule has 1 saturated carbocycles. The number of morpholine rings is 1. The molecule has 3 rings (SSSR count).